The Labute approximate surface area is 226 Å². The average Bonchev–Trinajstić information content (AvgIpc) is 2.84. The second kappa shape index (κ2) is 13.1. The van der Waals surface area contributed by atoms with Crippen molar-refractivity contribution >= 4 is 41.3 Å². The van der Waals surface area contributed by atoms with Crippen molar-refractivity contribution < 1.29 is 23.8 Å². The number of carbonyl (C=O) groups excluding carboxylic acids is 2. The second-order valence-electron chi connectivity index (χ2n) is 8.43. The van der Waals surface area contributed by atoms with Gasteiger partial charge in [-0.25, -0.2) is 10.2 Å². The van der Waals surface area contributed by atoms with Crippen LogP contribution in [0.5, 0.6) is 17.2 Å². The van der Waals surface area contributed by atoms with E-state index in [0.29, 0.717) is 28.7 Å². The molecule has 0 aliphatic rings. The summed E-state index contributed by atoms with van der Waals surface area (Å²) in [6.45, 7) is 8.08. The number of esters is 1. The van der Waals surface area contributed by atoms with E-state index in [1.54, 1.807) is 24.3 Å². The van der Waals surface area contributed by atoms with Crippen LogP contribution in [0.4, 0.5) is 0 Å². The van der Waals surface area contributed by atoms with Gasteiger partial charge < -0.3 is 14.2 Å². The second-order valence-corrected chi connectivity index (χ2v) is 9.27. The summed E-state index contributed by atoms with van der Waals surface area (Å²) in [4.78, 5) is 24.8. The average molecular weight is 543 g/mol. The van der Waals surface area contributed by atoms with Crippen molar-refractivity contribution in [2.24, 2.45) is 5.10 Å². The van der Waals surface area contributed by atoms with Crippen molar-refractivity contribution in [3.63, 3.8) is 0 Å². The number of carbonyl (C=O) groups is 2. The monoisotopic (exact) mass is 542 g/mol. The fraction of sp³-hybridized carbons (Fsp3) is 0.250. The lowest BCUT2D eigenvalue weighted by atomic mass is 10.0. The van der Waals surface area contributed by atoms with E-state index in [0.717, 1.165) is 11.1 Å². The third kappa shape index (κ3) is 7.97. The van der Waals surface area contributed by atoms with Gasteiger partial charge in [0.25, 0.3) is 5.91 Å². The van der Waals surface area contributed by atoms with Crippen molar-refractivity contribution in [2.45, 2.75) is 33.6 Å². The van der Waals surface area contributed by atoms with Gasteiger partial charge in [-0.1, -0.05) is 49.2 Å². The highest BCUT2D eigenvalue weighted by Gasteiger charge is 2.16. The van der Waals surface area contributed by atoms with Crippen LogP contribution < -0.4 is 19.6 Å². The Balaban J connectivity index is 1.63. The van der Waals surface area contributed by atoms with E-state index < -0.39 is 11.9 Å². The van der Waals surface area contributed by atoms with Gasteiger partial charge in [-0.15, -0.1) is 0 Å². The minimum absolute atomic E-state index is 0.174. The number of ether oxygens (including phenoxy) is 3. The van der Waals surface area contributed by atoms with E-state index in [-0.39, 0.29) is 28.9 Å². The molecule has 7 nitrogen and oxygen atoms in total. The Morgan fingerprint density at radius 3 is 2.46 bits per heavy atom. The molecule has 1 amide bonds. The normalized spacial score (nSPS) is 11.0. The molecule has 0 bridgehead atoms. The van der Waals surface area contributed by atoms with Crippen molar-refractivity contribution in [3.8, 4) is 17.2 Å². The number of halogens is 2. The van der Waals surface area contributed by atoms with Gasteiger partial charge in [0.15, 0.2) is 18.1 Å². The molecule has 0 unspecified atom stereocenters. The molecule has 0 spiro atoms. The van der Waals surface area contributed by atoms with E-state index in [4.69, 9.17) is 37.4 Å². The maximum atomic E-state index is 12.6. The van der Waals surface area contributed by atoms with E-state index >= 15 is 0 Å². The third-order valence-electron chi connectivity index (χ3n) is 5.17. The van der Waals surface area contributed by atoms with Gasteiger partial charge in [0.1, 0.15) is 5.75 Å². The van der Waals surface area contributed by atoms with Crippen molar-refractivity contribution in [1.82, 2.24) is 5.43 Å². The standard InChI is InChI=1S/C28H28Cl2N2O5/c1-5-35-26-13-19(7-11-24(26)37-28(34)22-10-8-20(29)14-23(22)30)15-31-32-27(33)16-36-25-12-18(4)6-9-21(25)17(2)3/h6-15,17H,5,16H2,1-4H3,(H,32,33)/b31-15-. The maximum absolute atomic E-state index is 12.6. The number of hydrogen-bond donors (Lipinski definition) is 1. The highest BCUT2D eigenvalue weighted by atomic mass is 35.5. The topological polar surface area (TPSA) is 86.2 Å². The Kier molecular flexibility index (Phi) is 9.94. The molecule has 0 aliphatic carbocycles. The summed E-state index contributed by atoms with van der Waals surface area (Å²) in [5, 5.41) is 4.58. The minimum Gasteiger partial charge on any atom is -0.490 e. The predicted molar refractivity (Wildman–Crippen MR) is 146 cm³/mol. The van der Waals surface area contributed by atoms with Gasteiger partial charge in [-0.3, -0.25) is 4.79 Å². The smallest absolute Gasteiger partial charge is 0.345 e. The first kappa shape index (κ1) is 28.0. The van der Waals surface area contributed by atoms with Gasteiger partial charge in [-0.05, 0) is 78.9 Å². The number of aryl methyl sites for hydroxylation is 1. The zero-order valence-electron chi connectivity index (χ0n) is 21.0. The molecule has 0 radical (unpaired) electrons. The van der Waals surface area contributed by atoms with E-state index in [1.165, 1.54) is 18.3 Å². The first-order valence-electron chi connectivity index (χ1n) is 11.7. The van der Waals surface area contributed by atoms with Gasteiger partial charge in [0.2, 0.25) is 0 Å². The summed E-state index contributed by atoms with van der Waals surface area (Å²) in [6, 6.07) is 15.3. The number of amides is 1. The quantitative estimate of drug-likeness (QED) is 0.135. The number of benzene rings is 3. The summed E-state index contributed by atoms with van der Waals surface area (Å²) < 4.78 is 16.8. The molecule has 3 aromatic rings. The first-order chi connectivity index (χ1) is 17.7. The fourth-order valence-electron chi connectivity index (χ4n) is 3.37. The van der Waals surface area contributed by atoms with Crippen LogP contribution in [-0.2, 0) is 4.79 Å². The Hall–Kier alpha value is -3.55. The molecule has 0 heterocycles. The molecule has 194 valence electrons. The maximum Gasteiger partial charge on any atom is 0.345 e. The Bertz CT molecular complexity index is 1310. The number of hydrazone groups is 1. The zero-order chi connectivity index (χ0) is 26.9. The molecule has 0 atom stereocenters. The lowest BCUT2D eigenvalue weighted by Crippen LogP contribution is -2.25. The largest absolute Gasteiger partial charge is 0.490 e. The summed E-state index contributed by atoms with van der Waals surface area (Å²) in [7, 11) is 0. The van der Waals surface area contributed by atoms with E-state index in [9.17, 15) is 9.59 Å². The summed E-state index contributed by atoms with van der Waals surface area (Å²) >= 11 is 12.0. The summed E-state index contributed by atoms with van der Waals surface area (Å²) in [5.41, 5.74) is 5.33. The molecular weight excluding hydrogens is 515 g/mol. The van der Waals surface area contributed by atoms with Gasteiger partial charge in [0, 0.05) is 5.02 Å². The molecule has 3 rings (SSSR count). The molecular formula is C28H28Cl2N2O5. The summed E-state index contributed by atoms with van der Waals surface area (Å²) in [6.07, 6.45) is 1.45. The molecule has 0 saturated carbocycles. The van der Waals surface area contributed by atoms with E-state index in [1.807, 2.05) is 32.0 Å². The molecule has 37 heavy (non-hydrogen) atoms. The van der Waals surface area contributed by atoms with Crippen LogP contribution in [0.25, 0.3) is 0 Å². The molecule has 3 aromatic carbocycles. The lowest BCUT2D eigenvalue weighted by molar-refractivity contribution is -0.123. The van der Waals surface area contributed by atoms with Crippen LogP contribution in [0, 0.1) is 6.92 Å². The molecule has 0 saturated heterocycles. The fourth-order valence-corrected chi connectivity index (χ4v) is 3.85. The zero-order valence-corrected chi connectivity index (χ0v) is 22.5. The number of rotatable bonds is 10. The third-order valence-corrected chi connectivity index (χ3v) is 5.72. The SMILES string of the molecule is CCOc1cc(/C=N\NC(=O)COc2cc(C)ccc2C(C)C)ccc1OC(=O)c1ccc(Cl)cc1Cl. The van der Waals surface area contributed by atoms with Crippen molar-refractivity contribution in [3.05, 3.63) is 86.9 Å². The molecule has 0 aliphatic heterocycles. The number of hydrogen-bond acceptors (Lipinski definition) is 6. The molecule has 0 fully saturated rings. The summed E-state index contributed by atoms with van der Waals surface area (Å²) in [5.74, 6) is 0.447. The molecule has 0 aromatic heterocycles. The van der Waals surface area contributed by atoms with Crippen LogP contribution in [0.1, 0.15) is 53.7 Å². The van der Waals surface area contributed by atoms with Crippen LogP contribution in [0.3, 0.4) is 0 Å². The Morgan fingerprint density at radius 2 is 1.76 bits per heavy atom. The highest BCUT2D eigenvalue weighted by molar-refractivity contribution is 6.36. The number of nitrogens with zero attached hydrogens (tertiary/aromatic N) is 1. The Morgan fingerprint density at radius 1 is 0.973 bits per heavy atom. The number of nitrogens with one attached hydrogen (secondary N) is 1. The minimum atomic E-state index is -0.648. The van der Waals surface area contributed by atoms with Gasteiger partial charge in [0.05, 0.1) is 23.4 Å². The van der Waals surface area contributed by atoms with Crippen LogP contribution in [0.15, 0.2) is 59.7 Å². The predicted octanol–water partition coefficient (Wildman–Crippen LogP) is 6.57. The van der Waals surface area contributed by atoms with Crippen LogP contribution >= 0.6 is 23.2 Å². The van der Waals surface area contributed by atoms with E-state index in [2.05, 4.69) is 24.4 Å². The molecule has 9 heteroatoms. The van der Waals surface area contributed by atoms with Gasteiger partial charge in [-0.2, -0.15) is 5.10 Å². The van der Waals surface area contributed by atoms with Crippen LogP contribution in [0.2, 0.25) is 10.0 Å². The van der Waals surface area contributed by atoms with Crippen molar-refractivity contribution in [1.29, 1.82) is 0 Å². The van der Waals surface area contributed by atoms with Crippen molar-refractivity contribution in [2.75, 3.05) is 13.2 Å². The van der Waals surface area contributed by atoms with Gasteiger partial charge >= 0.3 is 5.97 Å². The molecule has 1 N–H and O–H groups in total. The lowest BCUT2D eigenvalue weighted by Gasteiger charge is -2.14. The first-order valence-corrected chi connectivity index (χ1v) is 12.4. The van der Waals surface area contributed by atoms with Crippen LogP contribution in [-0.4, -0.2) is 31.3 Å². The highest BCUT2D eigenvalue weighted by Crippen LogP contribution is 2.30.